The number of carbonyl (C=O) groups is 2. The third-order valence-electron chi connectivity index (χ3n) is 5.41. The first-order chi connectivity index (χ1) is 13.0. The molecule has 3 aliphatic rings. The molecule has 138 valence electrons. The van der Waals surface area contributed by atoms with Crippen LogP contribution < -0.4 is 10.2 Å². The number of rotatable bonds is 3. The number of nitrogens with zero attached hydrogens (tertiary/aromatic N) is 2. The van der Waals surface area contributed by atoms with Crippen LogP contribution in [-0.2, 0) is 14.3 Å². The van der Waals surface area contributed by atoms with Crippen LogP contribution in [-0.4, -0.2) is 35.2 Å². The molecule has 1 spiro atoms. The van der Waals surface area contributed by atoms with Crippen molar-refractivity contribution in [3.8, 4) is 0 Å². The number of hydrogen-bond donors (Lipinski definition) is 1. The minimum atomic E-state index is -0.795. The lowest BCUT2D eigenvalue weighted by Crippen LogP contribution is -2.41. The number of fused-ring (bicyclic) bond motifs is 1. The highest BCUT2D eigenvalue weighted by atomic mass is 35.5. The number of ether oxygens (including phenoxy) is 1. The van der Waals surface area contributed by atoms with E-state index in [0.29, 0.717) is 28.8 Å². The Morgan fingerprint density at radius 1 is 1.37 bits per heavy atom. The van der Waals surface area contributed by atoms with Gasteiger partial charge in [-0.05, 0) is 31.2 Å². The maximum absolute atomic E-state index is 13.1. The van der Waals surface area contributed by atoms with E-state index in [9.17, 15) is 9.59 Å². The van der Waals surface area contributed by atoms with Crippen molar-refractivity contribution in [1.29, 1.82) is 0 Å². The van der Waals surface area contributed by atoms with E-state index in [0.717, 1.165) is 0 Å². The van der Waals surface area contributed by atoms with Crippen LogP contribution in [0.3, 0.4) is 0 Å². The van der Waals surface area contributed by atoms with E-state index < -0.39 is 23.5 Å². The maximum atomic E-state index is 13.1. The second-order valence-electron chi connectivity index (χ2n) is 7.12. The molecule has 2 saturated heterocycles. The van der Waals surface area contributed by atoms with Gasteiger partial charge in [0.25, 0.3) is 0 Å². The molecule has 7 nitrogen and oxygen atoms in total. The summed E-state index contributed by atoms with van der Waals surface area (Å²) in [4.78, 5) is 27.6. The molecule has 2 amide bonds. The van der Waals surface area contributed by atoms with E-state index >= 15 is 0 Å². The number of aromatic nitrogens is 1. The molecule has 3 aliphatic heterocycles. The molecule has 2 bridgehead atoms. The number of hydrogen-bond acceptors (Lipinski definition) is 5. The van der Waals surface area contributed by atoms with Crippen LogP contribution in [0.1, 0.15) is 5.76 Å². The van der Waals surface area contributed by atoms with Gasteiger partial charge in [-0.25, -0.2) is 0 Å². The zero-order valence-corrected chi connectivity index (χ0v) is 15.1. The monoisotopic (exact) mass is 385 g/mol. The average Bonchev–Trinajstić information content (AvgIpc) is 3.38. The normalized spacial score (nSPS) is 30.8. The summed E-state index contributed by atoms with van der Waals surface area (Å²) in [7, 11) is 0. The number of anilines is 2. The minimum Gasteiger partial charge on any atom is -0.360 e. The zero-order valence-electron chi connectivity index (χ0n) is 14.4. The van der Waals surface area contributed by atoms with E-state index in [1.54, 1.807) is 37.3 Å². The smallest absolute Gasteiger partial charge is 0.235 e. The zero-order chi connectivity index (χ0) is 18.8. The Labute approximate surface area is 159 Å². The van der Waals surface area contributed by atoms with Gasteiger partial charge in [-0.3, -0.25) is 14.5 Å². The fraction of sp³-hybridized carbons (Fsp3) is 0.316. The Morgan fingerprint density at radius 3 is 2.85 bits per heavy atom. The number of benzene rings is 1. The first kappa shape index (κ1) is 16.5. The lowest BCUT2D eigenvalue weighted by atomic mass is 9.77. The van der Waals surface area contributed by atoms with Crippen LogP contribution in [0.2, 0.25) is 5.02 Å². The molecule has 2 aromatic rings. The van der Waals surface area contributed by atoms with Gasteiger partial charge >= 0.3 is 0 Å². The Kier molecular flexibility index (Phi) is 3.47. The van der Waals surface area contributed by atoms with Crippen molar-refractivity contribution in [2.24, 2.45) is 11.8 Å². The van der Waals surface area contributed by atoms with E-state index in [-0.39, 0.29) is 11.8 Å². The highest BCUT2D eigenvalue weighted by Crippen LogP contribution is 2.52. The number of carbonyl (C=O) groups excluding carboxylic acids is 2. The molecule has 3 unspecified atom stereocenters. The Morgan fingerprint density at radius 2 is 2.15 bits per heavy atom. The Bertz CT molecular complexity index is 970. The van der Waals surface area contributed by atoms with E-state index in [4.69, 9.17) is 20.9 Å². The number of amides is 2. The second kappa shape index (κ2) is 5.68. The SMILES string of the molecule is Cc1cc(N2CC34C=C[C@@H](O3)C(C(=O)Nc3ccc(Cl)cc3)C4C2=O)no1. The first-order valence-electron chi connectivity index (χ1n) is 8.65. The summed E-state index contributed by atoms with van der Waals surface area (Å²) in [6.07, 6.45) is 3.36. The van der Waals surface area contributed by atoms with Gasteiger partial charge in [0, 0.05) is 16.8 Å². The quantitative estimate of drug-likeness (QED) is 0.821. The molecule has 1 aromatic heterocycles. The van der Waals surface area contributed by atoms with Crippen LogP contribution in [0.5, 0.6) is 0 Å². The molecule has 4 atom stereocenters. The third kappa shape index (κ3) is 2.42. The van der Waals surface area contributed by atoms with Crippen molar-refractivity contribution >= 4 is 34.9 Å². The molecule has 1 aromatic carbocycles. The van der Waals surface area contributed by atoms with Gasteiger partial charge in [-0.2, -0.15) is 0 Å². The predicted octanol–water partition coefficient (Wildman–Crippen LogP) is 2.56. The number of nitrogens with one attached hydrogen (secondary N) is 1. The molecule has 1 N–H and O–H groups in total. The van der Waals surface area contributed by atoms with Crippen molar-refractivity contribution in [2.45, 2.75) is 18.6 Å². The molecule has 0 radical (unpaired) electrons. The average molecular weight is 386 g/mol. The largest absolute Gasteiger partial charge is 0.360 e. The minimum absolute atomic E-state index is 0.175. The van der Waals surface area contributed by atoms with Gasteiger partial charge in [0.05, 0.1) is 24.5 Å². The molecule has 5 rings (SSSR count). The molecule has 4 heterocycles. The fourth-order valence-corrected chi connectivity index (χ4v) is 4.36. The summed E-state index contributed by atoms with van der Waals surface area (Å²) in [5, 5.41) is 7.39. The molecular formula is C19H16ClN3O4. The third-order valence-corrected chi connectivity index (χ3v) is 5.66. The summed E-state index contributed by atoms with van der Waals surface area (Å²) in [5.74, 6) is -0.548. The summed E-state index contributed by atoms with van der Waals surface area (Å²) in [6, 6.07) is 8.55. The van der Waals surface area contributed by atoms with Crippen LogP contribution >= 0.6 is 11.6 Å². The molecule has 2 fully saturated rings. The first-order valence-corrected chi connectivity index (χ1v) is 9.03. The van der Waals surface area contributed by atoms with E-state index in [1.165, 1.54) is 4.90 Å². The van der Waals surface area contributed by atoms with E-state index in [1.807, 2.05) is 12.2 Å². The topological polar surface area (TPSA) is 84.7 Å². The summed E-state index contributed by atoms with van der Waals surface area (Å²) in [6.45, 7) is 2.08. The van der Waals surface area contributed by atoms with Gasteiger partial charge in [0.2, 0.25) is 11.8 Å². The van der Waals surface area contributed by atoms with Crippen LogP contribution in [0, 0.1) is 18.8 Å². The van der Waals surface area contributed by atoms with Gasteiger partial charge in [0.15, 0.2) is 5.82 Å². The molecule has 0 saturated carbocycles. The van der Waals surface area contributed by atoms with Crippen molar-refractivity contribution in [2.75, 3.05) is 16.8 Å². The van der Waals surface area contributed by atoms with Gasteiger partial charge < -0.3 is 14.6 Å². The van der Waals surface area contributed by atoms with Crippen molar-refractivity contribution in [3.05, 3.63) is 53.3 Å². The van der Waals surface area contributed by atoms with Crippen LogP contribution in [0.15, 0.2) is 47.0 Å². The number of aryl methyl sites for hydroxylation is 1. The highest BCUT2D eigenvalue weighted by molar-refractivity contribution is 6.30. The number of halogens is 1. The molecular weight excluding hydrogens is 370 g/mol. The van der Waals surface area contributed by atoms with Crippen molar-refractivity contribution in [3.63, 3.8) is 0 Å². The van der Waals surface area contributed by atoms with Crippen LogP contribution in [0.4, 0.5) is 11.5 Å². The lowest BCUT2D eigenvalue weighted by molar-refractivity contribution is -0.128. The Balaban J connectivity index is 1.43. The van der Waals surface area contributed by atoms with Crippen LogP contribution in [0.25, 0.3) is 0 Å². The Hall–Kier alpha value is -2.64. The van der Waals surface area contributed by atoms with Gasteiger partial charge in [-0.15, -0.1) is 0 Å². The summed E-state index contributed by atoms with van der Waals surface area (Å²) in [5.41, 5.74) is -0.170. The van der Waals surface area contributed by atoms with Crippen molar-refractivity contribution in [1.82, 2.24) is 5.16 Å². The molecule has 8 heteroatoms. The summed E-state index contributed by atoms with van der Waals surface area (Å²) < 4.78 is 11.2. The summed E-state index contributed by atoms with van der Waals surface area (Å²) >= 11 is 5.89. The predicted molar refractivity (Wildman–Crippen MR) is 97.4 cm³/mol. The lowest BCUT2D eigenvalue weighted by Gasteiger charge is -2.23. The van der Waals surface area contributed by atoms with Crippen molar-refractivity contribution < 1.29 is 18.8 Å². The van der Waals surface area contributed by atoms with Gasteiger partial charge in [-0.1, -0.05) is 28.9 Å². The fourth-order valence-electron chi connectivity index (χ4n) is 4.23. The maximum Gasteiger partial charge on any atom is 0.235 e. The van der Waals surface area contributed by atoms with Gasteiger partial charge in [0.1, 0.15) is 11.4 Å². The standard InChI is InChI=1S/C19H16ClN3O4/c1-10-8-14(22-27-10)23-9-19-7-6-13(26-19)15(16(19)18(23)25)17(24)21-12-4-2-11(20)3-5-12/h2-8,13,15-16H,9H2,1H3,(H,21,24)/t13-,15?,16?,19?/m1/s1. The molecule has 0 aliphatic carbocycles. The second-order valence-corrected chi connectivity index (χ2v) is 7.55. The highest BCUT2D eigenvalue weighted by Gasteiger charge is 2.67. The van der Waals surface area contributed by atoms with E-state index in [2.05, 4.69) is 10.5 Å². The molecule has 27 heavy (non-hydrogen) atoms.